The van der Waals surface area contributed by atoms with Crippen LogP contribution in [0.5, 0.6) is 5.75 Å². The summed E-state index contributed by atoms with van der Waals surface area (Å²) in [6.07, 6.45) is 11.8. The Bertz CT molecular complexity index is 1220. The number of fused-ring (bicyclic) bond motifs is 1. The van der Waals surface area contributed by atoms with Crippen LogP contribution in [0, 0.1) is 0 Å². The van der Waals surface area contributed by atoms with Crippen LogP contribution in [0.1, 0.15) is 45.4 Å². The summed E-state index contributed by atoms with van der Waals surface area (Å²) >= 11 is 0. The molecule has 10 heteroatoms. The molecule has 39 heavy (non-hydrogen) atoms. The molecule has 10 nitrogen and oxygen atoms in total. The maximum Gasteiger partial charge on any atom is 0.149 e. The Morgan fingerprint density at radius 2 is 1.64 bits per heavy atom. The minimum absolute atomic E-state index is 0.154. The molecule has 1 aromatic carbocycles. The zero-order valence-electron chi connectivity index (χ0n) is 22.8. The van der Waals surface area contributed by atoms with Crippen molar-refractivity contribution in [3.63, 3.8) is 0 Å². The van der Waals surface area contributed by atoms with Crippen LogP contribution in [0.2, 0.25) is 0 Å². The first-order chi connectivity index (χ1) is 19.2. The number of nitrogens with one attached hydrogen (secondary N) is 1. The number of anilines is 3. The average Bonchev–Trinajstić information content (AvgIpc) is 2.99. The summed E-state index contributed by atoms with van der Waals surface area (Å²) < 4.78 is 17.9. The summed E-state index contributed by atoms with van der Waals surface area (Å²) in [5.74, 6) is 2.72. The summed E-state index contributed by atoms with van der Waals surface area (Å²) in [6.45, 7) is 8.01. The first-order valence-electron chi connectivity index (χ1n) is 14.4. The molecule has 6 rings (SSSR count). The lowest BCUT2D eigenvalue weighted by Gasteiger charge is -2.33. The highest BCUT2D eigenvalue weighted by Gasteiger charge is 2.25. The van der Waals surface area contributed by atoms with Gasteiger partial charge in [-0.15, -0.1) is 0 Å². The van der Waals surface area contributed by atoms with E-state index < -0.39 is 0 Å². The number of hydrogen-bond donors (Lipinski definition) is 1. The quantitative estimate of drug-likeness (QED) is 0.456. The highest BCUT2D eigenvalue weighted by atomic mass is 16.5. The van der Waals surface area contributed by atoms with Gasteiger partial charge in [0.2, 0.25) is 0 Å². The van der Waals surface area contributed by atoms with Crippen LogP contribution in [0.15, 0.2) is 36.9 Å². The lowest BCUT2D eigenvalue weighted by molar-refractivity contribution is 0.0458. The molecule has 0 radical (unpaired) electrons. The molecule has 0 atom stereocenters. The molecule has 3 aromatic rings. The Morgan fingerprint density at radius 3 is 2.44 bits per heavy atom. The topological polar surface area (TPSA) is 97.8 Å². The van der Waals surface area contributed by atoms with Crippen LogP contribution in [-0.2, 0) is 9.47 Å². The number of aromatic nitrogens is 4. The van der Waals surface area contributed by atoms with Gasteiger partial charge in [-0.1, -0.05) is 0 Å². The minimum atomic E-state index is 0.154. The van der Waals surface area contributed by atoms with E-state index in [1.54, 1.807) is 18.7 Å². The predicted octanol–water partition coefficient (Wildman–Crippen LogP) is 4.06. The van der Waals surface area contributed by atoms with Gasteiger partial charge in [0.25, 0.3) is 0 Å². The third-order valence-electron chi connectivity index (χ3n) is 8.04. The van der Waals surface area contributed by atoms with Gasteiger partial charge in [-0.2, -0.15) is 0 Å². The fourth-order valence-electron chi connectivity index (χ4n) is 5.92. The maximum absolute atomic E-state index is 6.59. The van der Waals surface area contributed by atoms with Crippen LogP contribution in [0.25, 0.3) is 11.0 Å². The summed E-state index contributed by atoms with van der Waals surface area (Å²) in [5.41, 5.74) is 2.82. The number of morpholine rings is 1. The third-order valence-corrected chi connectivity index (χ3v) is 8.04. The number of ether oxygens (including phenoxy) is 3. The standard InChI is InChI=1S/C29H39N7O3/c1-2-38-23-7-11-36(12-8-23)28-19-27(32-20-33-28)34-21-3-5-24(6-4-21)39-26-18-22(35-13-15-37-16-14-35)17-25-29(26)31-10-9-30-25/h9-10,17-21,23-24H,2-8,11-16H2,1H3,(H,32,33,34)/t21-,24+. The highest BCUT2D eigenvalue weighted by Crippen LogP contribution is 2.33. The summed E-state index contributed by atoms with van der Waals surface area (Å²) in [6, 6.07) is 6.70. The maximum atomic E-state index is 6.59. The molecule has 4 heterocycles. The molecule has 1 N–H and O–H groups in total. The van der Waals surface area contributed by atoms with Crippen LogP contribution in [0.3, 0.4) is 0 Å². The second kappa shape index (κ2) is 12.3. The van der Waals surface area contributed by atoms with Gasteiger partial charge in [0.1, 0.15) is 29.2 Å². The van der Waals surface area contributed by atoms with Gasteiger partial charge >= 0.3 is 0 Å². The zero-order valence-corrected chi connectivity index (χ0v) is 22.8. The molecule has 3 fully saturated rings. The van der Waals surface area contributed by atoms with Gasteiger partial charge in [0, 0.05) is 69.0 Å². The second-order valence-electron chi connectivity index (χ2n) is 10.6. The molecule has 0 unspecified atom stereocenters. The molecule has 0 spiro atoms. The fourth-order valence-corrected chi connectivity index (χ4v) is 5.92. The molecule has 2 aliphatic heterocycles. The number of benzene rings is 1. The molecule has 0 bridgehead atoms. The van der Waals surface area contributed by atoms with Gasteiger partial charge < -0.3 is 29.3 Å². The van der Waals surface area contributed by atoms with E-state index in [0.717, 1.165) is 119 Å². The Morgan fingerprint density at radius 1 is 0.846 bits per heavy atom. The molecule has 1 saturated carbocycles. The van der Waals surface area contributed by atoms with Crippen LogP contribution < -0.4 is 19.9 Å². The van der Waals surface area contributed by atoms with E-state index in [2.05, 4.69) is 60.2 Å². The van der Waals surface area contributed by atoms with Crippen molar-refractivity contribution in [2.24, 2.45) is 0 Å². The van der Waals surface area contributed by atoms with Crippen molar-refractivity contribution in [3.05, 3.63) is 36.9 Å². The van der Waals surface area contributed by atoms with Gasteiger partial charge in [0.15, 0.2) is 0 Å². The van der Waals surface area contributed by atoms with E-state index >= 15 is 0 Å². The number of hydrogen-bond acceptors (Lipinski definition) is 10. The van der Waals surface area contributed by atoms with Gasteiger partial charge in [-0.3, -0.25) is 4.98 Å². The van der Waals surface area contributed by atoms with E-state index in [9.17, 15) is 0 Å². The molecule has 2 saturated heterocycles. The van der Waals surface area contributed by atoms with Crippen LogP contribution in [0.4, 0.5) is 17.3 Å². The number of nitrogens with zero attached hydrogens (tertiary/aromatic N) is 6. The SMILES string of the molecule is CCOC1CCN(c2cc(N[C@H]3CC[C@@H](Oc4cc(N5CCOCC5)cc5nccnc45)CC3)ncn2)CC1. The molecule has 2 aromatic heterocycles. The molecular weight excluding hydrogens is 494 g/mol. The number of piperidine rings is 1. The van der Waals surface area contributed by atoms with Crippen molar-refractivity contribution in [2.75, 3.05) is 61.1 Å². The van der Waals surface area contributed by atoms with E-state index in [1.165, 1.54) is 0 Å². The van der Waals surface area contributed by atoms with E-state index in [1.807, 2.05) is 0 Å². The lowest BCUT2D eigenvalue weighted by Crippen LogP contribution is -2.37. The van der Waals surface area contributed by atoms with Crippen LogP contribution >= 0.6 is 0 Å². The lowest BCUT2D eigenvalue weighted by atomic mass is 9.93. The van der Waals surface area contributed by atoms with Crippen molar-refractivity contribution in [3.8, 4) is 5.75 Å². The first-order valence-corrected chi connectivity index (χ1v) is 14.4. The minimum Gasteiger partial charge on any atom is -0.488 e. The van der Waals surface area contributed by atoms with Gasteiger partial charge in [-0.25, -0.2) is 15.0 Å². The second-order valence-corrected chi connectivity index (χ2v) is 10.6. The highest BCUT2D eigenvalue weighted by molar-refractivity contribution is 5.85. The van der Waals surface area contributed by atoms with E-state index in [-0.39, 0.29) is 6.10 Å². The normalized spacial score (nSPS) is 22.7. The summed E-state index contributed by atoms with van der Waals surface area (Å²) in [5, 5.41) is 3.66. The first kappa shape index (κ1) is 26.0. The summed E-state index contributed by atoms with van der Waals surface area (Å²) in [4.78, 5) is 22.9. The molecule has 3 aliphatic rings. The Labute approximate surface area is 230 Å². The third kappa shape index (κ3) is 6.33. The van der Waals surface area contributed by atoms with E-state index in [4.69, 9.17) is 14.2 Å². The smallest absolute Gasteiger partial charge is 0.149 e. The fraction of sp³-hybridized carbons (Fsp3) is 0.586. The Kier molecular flexibility index (Phi) is 8.20. The number of rotatable bonds is 8. The monoisotopic (exact) mass is 533 g/mol. The van der Waals surface area contributed by atoms with Crippen LogP contribution in [-0.4, -0.2) is 84.2 Å². The van der Waals surface area contributed by atoms with Gasteiger partial charge in [-0.05, 0) is 51.5 Å². The van der Waals surface area contributed by atoms with Crippen molar-refractivity contribution in [1.29, 1.82) is 0 Å². The van der Waals surface area contributed by atoms with Crippen molar-refractivity contribution < 1.29 is 14.2 Å². The molecular formula is C29H39N7O3. The predicted molar refractivity (Wildman–Crippen MR) is 152 cm³/mol. The molecule has 208 valence electrons. The van der Waals surface area contributed by atoms with E-state index in [0.29, 0.717) is 12.1 Å². The zero-order chi connectivity index (χ0) is 26.4. The van der Waals surface area contributed by atoms with Gasteiger partial charge in [0.05, 0.1) is 30.9 Å². The summed E-state index contributed by atoms with van der Waals surface area (Å²) in [7, 11) is 0. The van der Waals surface area contributed by atoms with Crippen molar-refractivity contribution >= 4 is 28.4 Å². The Balaban J connectivity index is 1.06. The molecule has 1 aliphatic carbocycles. The largest absolute Gasteiger partial charge is 0.488 e. The van der Waals surface area contributed by atoms with Crippen molar-refractivity contribution in [2.45, 2.75) is 63.7 Å². The Hall–Kier alpha value is -3.24. The molecule has 0 amide bonds. The van der Waals surface area contributed by atoms with Crippen molar-refractivity contribution in [1.82, 2.24) is 19.9 Å². The average molecular weight is 534 g/mol.